The van der Waals surface area contributed by atoms with Crippen LogP contribution < -0.4 is 5.32 Å². The van der Waals surface area contributed by atoms with Crippen molar-refractivity contribution >= 4 is 33.9 Å². The third-order valence-electron chi connectivity index (χ3n) is 5.54. The molecule has 0 fully saturated rings. The first-order valence-electron chi connectivity index (χ1n) is 10.5. The summed E-state index contributed by atoms with van der Waals surface area (Å²) in [7, 11) is 1.33. The SMILES string of the molecule is COC(=O)c1c(NC(=O)Cc2ccc([N+](=O)[O-])cc2)sc2c1CCN(Cc1ccccc1)C2. The molecule has 0 unspecified atom stereocenters. The number of esters is 1. The van der Waals surface area contributed by atoms with Gasteiger partial charge in [-0.05, 0) is 23.1 Å². The van der Waals surface area contributed by atoms with Gasteiger partial charge in [0.1, 0.15) is 5.00 Å². The predicted octanol–water partition coefficient (Wildman–Crippen LogP) is 4.18. The standard InChI is InChI=1S/C24H23N3O5S/c1-32-24(29)22-19-11-12-26(14-17-5-3-2-4-6-17)15-20(19)33-23(22)25-21(28)13-16-7-9-18(10-8-16)27(30)31/h2-10H,11-15H2,1H3,(H,25,28). The Labute approximate surface area is 194 Å². The number of anilines is 1. The number of hydrogen-bond donors (Lipinski definition) is 1. The van der Waals surface area contributed by atoms with Gasteiger partial charge in [-0.15, -0.1) is 11.3 Å². The second kappa shape index (κ2) is 9.93. The number of hydrogen-bond acceptors (Lipinski definition) is 7. The number of nitro groups is 1. The monoisotopic (exact) mass is 465 g/mol. The summed E-state index contributed by atoms with van der Waals surface area (Å²) in [4.78, 5) is 38.9. The molecule has 0 atom stereocenters. The van der Waals surface area contributed by atoms with Crippen LogP contribution >= 0.6 is 11.3 Å². The number of ether oxygens (including phenoxy) is 1. The van der Waals surface area contributed by atoms with Gasteiger partial charge in [0.05, 0.1) is 24.0 Å². The Bertz CT molecular complexity index is 1170. The van der Waals surface area contributed by atoms with E-state index in [-0.39, 0.29) is 18.0 Å². The maximum absolute atomic E-state index is 12.7. The van der Waals surface area contributed by atoms with Crippen LogP contribution in [0, 0.1) is 10.1 Å². The number of nitrogens with zero attached hydrogens (tertiary/aromatic N) is 2. The van der Waals surface area contributed by atoms with Crippen LogP contribution in [0.25, 0.3) is 0 Å². The summed E-state index contributed by atoms with van der Waals surface area (Å²) >= 11 is 1.40. The zero-order chi connectivity index (χ0) is 23.4. The van der Waals surface area contributed by atoms with Crippen LogP contribution in [0.1, 0.15) is 31.9 Å². The number of nitrogens with one attached hydrogen (secondary N) is 1. The van der Waals surface area contributed by atoms with Gasteiger partial charge in [0.25, 0.3) is 5.69 Å². The van der Waals surface area contributed by atoms with Crippen molar-refractivity contribution in [1.82, 2.24) is 4.90 Å². The Balaban J connectivity index is 1.50. The van der Waals surface area contributed by atoms with Crippen LogP contribution in [0.3, 0.4) is 0 Å². The smallest absolute Gasteiger partial charge is 0.341 e. The summed E-state index contributed by atoms with van der Waals surface area (Å²) in [6.07, 6.45) is 0.739. The highest BCUT2D eigenvalue weighted by molar-refractivity contribution is 7.17. The Hall–Kier alpha value is -3.56. The summed E-state index contributed by atoms with van der Waals surface area (Å²) in [5, 5.41) is 14.2. The summed E-state index contributed by atoms with van der Waals surface area (Å²) in [5.74, 6) is -0.761. The van der Waals surface area contributed by atoms with E-state index in [9.17, 15) is 19.7 Å². The third-order valence-corrected chi connectivity index (χ3v) is 6.67. The van der Waals surface area contributed by atoms with Gasteiger partial charge >= 0.3 is 5.97 Å². The highest BCUT2D eigenvalue weighted by atomic mass is 32.1. The van der Waals surface area contributed by atoms with Crippen LogP contribution in [0.15, 0.2) is 54.6 Å². The largest absolute Gasteiger partial charge is 0.465 e. The highest BCUT2D eigenvalue weighted by Gasteiger charge is 2.29. The van der Waals surface area contributed by atoms with Gasteiger partial charge in [-0.3, -0.25) is 19.8 Å². The number of nitro benzene ring substituents is 1. The first kappa shape index (κ1) is 22.6. The number of carbonyl (C=O) groups excluding carboxylic acids is 2. The van der Waals surface area contributed by atoms with Gasteiger partial charge in [-0.25, -0.2) is 4.79 Å². The molecule has 3 aromatic rings. The van der Waals surface area contributed by atoms with E-state index < -0.39 is 10.9 Å². The number of non-ortho nitro benzene ring substituents is 1. The summed E-state index contributed by atoms with van der Waals surface area (Å²) < 4.78 is 5.00. The number of fused-ring (bicyclic) bond motifs is 1. The zero-order valence-corrected chi connectivity index (χ0v) is 18.9. The number of thiophene rings is 1. The second-order valence-corrected chi connectivity index (χ2v) is 8.90. The van der Waals surface area contributed by atoms with Crippen LogP contribution in [-0.4, -0.2) is 35.4 Å². The molecule has 2 heterocycles. The van der Waals surface area contributed by atoms with Crippen LogP contribution in [0.5, 0.6) is 0 Å². The van der Waals surface area contributed by atoms with E-state index >= 15 is 0 Å². The van der Waals surface area contributed by atoms with Crippen LogP contribution in [-0.2, 0) is 35.5 Å². The summed E-state index contributed by atoms with van der Waals surface area (Å²) in [5.41, 5.74) is 3.20. The topological polar surface area (TPSA) is 102 Å². The van der Waals surface area contributed by atoms with E-state index in [1.807, 2.05) is 18.2 Å². The first-order chi connectivity index (χ1) is 15.9. The fourth-order valence-corrected chi connectivity index (χ4v) is 5.23. The Morgan fingerprint density at radius 2 is 1.85 bits per heavy atom. The van der Waals surface area contributed by atoms with Crippen molar-refractivity contribution in [2.24, 2.45) is 0 Å². The van der Waals surface area contributed by atoms with E-state index in [0.717, 1.165) is 23.5 Å². The third kappa shape index (κ3) is 5.27. The van der Waals surface area contributed by atoms with Gasteiger partial charge in [-0.1, -0.05) is 42.5 Å². The molecule has 0 aliphatic carbocycles. The van der Waals surface area contributed by atoms with Gasteiger partial charge in [0.15, 0.2) is 0 Å². The van der Waals surface area contributed by atoms with Crippen molar-refractivity contribution in [3.8, 4) is 0 Å². The molecule has 170 valence electrons. The maximum atomic E-state index is 12.7. The minimum absolute atomic E-state index is 0.0295. The van der Waals surface area contributed by atoms with Crippen molar-refractivity contribution in [1.29, 1.82) is 0 Å². The van der Waals surface area contributed by atoms with E-state index in [1.165, 1.54) is 36.1 Å². The molecular weight excluding hydrogens is 442 g/mol. The van der Waals surface area contributed by atoms with Gasteiger partial charge in [0, 0.05) is 36.6 Å². The lowest BCUT2D eigenvalue weighted by atomic mass is 10.0. The average molecular weight is 466 g/mol. The zero-order valence-electron chi connectivity index (χ0n) is 18.1. The van der Waals surface area contributed by atoms with E-state index in [1.54, 1.807) is 12.1 Å². The summed E-state index contributed by atoms with van der Waals surface area (Å²) in [6.45, 7) is 2.31. The average Bonchev–Trinajstić information content (AvgIpc) is 3.16. The number of rotatable bonds is 7. The van der Waals surface area contributed by atoms with Crippen molar-refractivity contribution in [2.45, 2.75) is 25.9 Å². The van der Waals surface area contributed by atoms with E-state index in [2.05, 4.69) is 22.3 Å². The fourth-order valence-electron chi connectivity index (χ4n) is 3.93. The quantitative estimate of drug-likeness (QED) is 0.319. The summed E-state index contributed by atoms with van der Waals surface area (Å²) in [6, 6.07) is 16.1. The molecule has 4 rings (SSSR count). The van der Waals surface area contributed by atoms with E-state index in [0.29, 0.717) is 29.1 Å². The molecule has 1 aliphatic rings. The van der Waals surface area contributed by atoms with Crippen molar-refractivity contribution in [3.05, 3.63) is 91.8 Å². The molecule has 9 heteroatoms. The van der Waals surface area contributed by atoms with Crippen molar-refractivity contribution in [3.63, 3.8) is 0 Å². The molecule has 1 aromatic heterocycles. The highest BCUT2D eigenvalue weighted by Crippen LogP contribution is 2.38. The minimum atomic E-state index is -0.482. The molecule has 0 radical (unpaired) electrons. The molecule has 1 aliphatic heterocycles. The van der Waals surface area contributed by atoms with Crippen LogP contribution in [0.2, 0.25) is 0 Å². The van der Waals surface area contributed by atoms with Gasteiger partial charge < -0.3 is 10.1 Å². The molecular formula is C24H23N3O5S. The number of amides is 1. The number of benzene rings is 2. The lowest BCUT2D eigenvalue weighted by molar-refractivity contribution is -0.384. The predicted molar refractivity (Wildman–Crippen MR) is 125 cm³/mol. The van der Waals surface area contributed by atoms with Gasteiger partial charge in [-0.2, -0.15) is 0 Å². The number of methoxy groups -OCH3 is 1. The Kier molecular flexibility index (Phi) is 6.81. The first-order valence-corrected chi connectivity index (χ1v) is 11.3. The maximum Gasteiger partial charge on any atom is 0.341 e. The molecule has 0 spiro atoms. The lowest BCUT2D eigenvalue weighted by Gasteiger charge is -2.27. The van der Waals surface area contributed by atoms with Crippen molar-refractivity contribution < 1.29 is 19.2 Å². The molecule has 33 heavy (non-hydrogen) atoms. The minimum Gasteiger partial charge on any atom is -0.465 e. The Morgan fingerprint density at radius 3 is 2.52 bits per heavy atom. The number of carbonyl (C=O) groups is 2. The van der Waals surface area contributed by atoms with Crippen LogP contribution in [0.4, 0.5) is 10.7 Å². The van der Waals surface area contributed by atoms with E-state index in [4.69, 9.17) is 4.74 Å². The normalized spacial score (nSPS) is 13.2. The lowest BCUT2D eigenvalue weighted by Crippen LogP contribution is -2.29. The molecule has 0 saturated carbocycles. The molecule has 1 amide bonds. The molecule has 8 nitrogen and oxygen atoms in total. The molecule has 0 saturated heterocycles. The molecule has 0 bridgehead atoms. The molecule has 1 N–H and O–H groups in total. The second-order valence-electron chi connectivity index (χ2n) is 7.79. The van der Waals surface area contributed by atoms with Gasteiger partial charge in [0.2, 0.25) is 5.91 Å². The molecule has 2 aromatic carbocycles. The fraction of sp³-hybridized carbons (Fsp3) is 0.250. The van der Waals surface area contributed by atoms with Crippen molar-refractivity contribution in [2.75, 3.05) is 19.0 Å². The Morgan fingerprint density at radius 1 is 1.12 bits per heavy atom.